The van der Waals surface area contributed by atoms with Crippen LogP contribution in [0.15, 0.2) is 16.7 Å². The second-order valence-corrected chi connectivity index (χ2v) is 5.54. The first-order chi connectivity index (χ1) is 7.99. The second-order valence-electron chi connectivity index (χ2n) is 4.68. The first kappa shape index (κ1) is 12.4. The Hall–Kier alpha value is -1.10. The fraction of sp³-hybridized carbons (Fsp3) is 0.500. The zero-order chi connectivity index (χ0) is 12.6. The van der Waals surface area contributed by atoms with Crippen LogP contribution < -0.4 is 10.6 Å². The fourth-order valence-corrected chi connectivity index (χ4v) is 2.44. The van der Waals surface area contributed by atoms with Crippen molar-refractivity contribution in [2.45, 2.75) is 13.8 Å². The Kier molecular flexibility index (Phi) is 3.38. The van der Waals surface area contributed by atoms with E-state index >= 15 is 0 Å². The number of rotatable bonds is 2. The van der Waals surface area contributed by atoms with Crippen LogP contribution in [0, 0.1) is 18.8 Å². The molecule has 1 aliphatic rings. The molecule has 0 spiro atoms. The molecule has 0 radical (unpaired) electrons. The van der Waals surface area contributed by atoms with Crippen LogP contribution >= 0.6 is 15.9 Å². The molecule has 2 atom stereocenters. The molecule has 1 fully saturated rings. The zero-order valence-electron chi connectivity index (χ0n) is 9.98. The Morgan fingerprint density at radius 1 is 1.59 bits per heavy atom. The monoisotopic (exact) mass is 297 g/mol. The maximum absolute atomic E-state index is 11.3. The predicted molar refractivity (Wildman–Crippen MR) is 70.7 cm³/mol. The first-order valence-electron chi connectivity index (χ1n) is 5.65. The van der Waals surface area contributed by atoms with Crippen LogP contribution in [0.2, 0.25) is 0 Å². The zero-order valence-corrected chi connectivity index (χ0v) is 11.6. The molecule has 1 aromatic rings. The van der Waals surface area contributed by atoms with Gasteiger partial charge in [0.1, 0.15) is 5.82 Å². The summed E-state index contributed by atoms with van der Waals surface area (Å²) >= 11 is 3.43. The molecule has 17 heavy (non-hydrogen) atoms. The average molecular weight is 298 g/mol. The Morgan fingerprint density at radius 3 is 2.82 bits per heavy atom. The van der Waals surface area contributed by atoms with Crippen LogP contribution in [0.3, 0.4) is 0 Å². The quantitative estimate of drug-likeness (QED) is 0.904. The summed E-state index contributed by atoms with van der Waals surface area (Å²) < 4.78 is 1.000. The summed E-state index contributed by atoms with van der Waals surface area (Å²) in [4.78, 5) is 17.8. The van der Waals surface area contributed by atoms with Crippen molar-refractivity contribution in [3.63, 3.8) is 0 Å². The number of halogens is 1. The highest BCUT2D eigenvalue weighted by molar-refractivity contribution is 9.10. The lowest BCUT2D eigenvalue weighted by molar-refractivity contribution is -0.122. The Morgan fingerprint density at radius 2 is 2.29 bits per heavy atom. The molecule has 2 N–H and O–H groups in total. The third-order valence-electron chi connectivity index (χ3n) is 3.33. The normalized spacial score (nSPS) is 24.1. The lowest BCUT2D eigenvalue weighted by atomic mass is 9.98. The van der Waals surface area contributed by atoms with E-state index in [1.165, 1.54) is 0 Å². The van der Waals surface area contributed by atoms with E-state index in [1.54, 1.807) is 6.20 Å². The molecule has 4 nitrogen and oxygen atoms in total. The molecule has 1 saturated heterocycles. The molecule has 0 aromatic carbocycles. The minimum atomic E-state index is -0.214. The molecule has 0 aliphatic carbocycles. The molecule has 2 heterocycles. The van der Waals surface area contributed by atoms with Gasteiger partial charge in [0.05, 0.1) is 5.92 Å². The van der Waals surface area contributed by atoms with Crippen molar-refractivity contribution in [3.8, 4) is 0 Å². The van der Waals surface area contributed by atoms with Crippen LogP contribution in [-0.2, 0) is 4.79 Å². The molecular formula is C12H16BrN3O. The Balaban J connectivity index is 2.19. The highest BCUT2D eigenvalue weighted by Crippen LogP contribution is 2.28. The van der Waals surface area contributed by atoms with Gasteiger partial charge < -0.3 is 10.6 Å². The molecule has 1 aliphatic heterocycles. The lowest BCUT2D eigenvalue weighted by Crippen LogP contribution is -2.29. The number of hydrogen-bond acceptors (Lipinski definition) is 3. The van der Waals surface area contributed by atoms with Gasteiger partial charge in [-0.3, -0.25) is 4.79 Å². The van der Waals surface area contributed by atoms with Gasteiger partial charge in [-0.2, -0.15) is 0 Å². The molecular weight excluding hydrogens is 282 g/mol. The van der Waals surface area contributed by atoms with Crippen molar-refractivity contribution in [1.29, 1.82) is 0 Å². The summed E-state index contributed by atoms with van der Waals surface area (Å²) in [6, 6.07) is 2.03. The Bertz CT molecular complexity index is 449. The van der Waals surface area contributed by atoms with Gasteiger partial charge in [-0.1, -0.05) is 6.92 Å². The molecule has 1 aromatic heterocycles. The molecule has 0 unspecified atom stereocenters. The number of primary amides is 1. The van der Waals surface area contributed by atoms with E-state index in [0.717, 1.165) is 22.4 Å². The number of carbonyl (C=O) groups is 1. The van der Waals surface area contributed by atoms with E-state index < -0.39 is 0 Å². The minimum Gasteiger partial charge on any atom is -0.369 e. The first-order valence-corrected chi connectivity index (χ1v) is 6.44. The molecule has 2 rings (SSSR count). The van der Waals surface area contributed by atoms with E-state index in [1.807, 2.05) is 13.0 Å². The van der Waals surface area contributed by atoms with Crippen LogP contribution in [0.4, 0.5) is 5.82 Å². The highest BCUT2D eigenvalue weighted by Gasteiger charge is 2.34. The van der Waals surface area contributed by atoms with Gasteiger partial charge in [0.25, 0.3) is 0 Å². The minimum absolute atomic E-state index is 0.0687. The van der Waals surface area contributed by atoms with Gasteiger partial charge in [0.2, 0.25) is 5.91 Å². The summed E-state index contributed by atoms with van der Waals surface area (Å²) in [6.07, 6.45) is 1.80. The van der Waals surface area contributed by atoms with Crippen molar-refractivity contribution in [2.75, 3.05) is 18.0 Å². The Labute approximate surface area is 109 Å². The van der Waals surface area contributed by atoms with Gasteiger partial charge in [-0.15, -0.1) is 0 Å². The summed E-state index contributed by atoms with van der Waals surface area (Å²) in [5.74, 6) is 0.925. The van der Waals surface area contributed by atoms with Crippen LogP contribution in [0.25, 0.3) is 0 Å². The van der Waals surface area contributed by atoms with Gasteiger partial charge in [0.15, 0.2) is 0 Å². The van der Waals surface area contributed by atoms with Crippen molar-refractivity contribution >= 4 is 27.7 Å². The topological polar surface area (TPSA) is 59.2 Å². The van der Waals surface area contributed by atoms with Gasteiger partial charge in [-0.25, -0.2) is 4.98 Å². The number of anilines is 1. The number of nitrogens with two attached hydrogens (primary N) is 1. The SMILES string of the molecule is Cc1cc(N2C[C@@H](C)[C@H](C(N)=O)C2)ncc1Br. The van der Waals surface area contributed by atoms with Crippen LogP contribution in [0.1, 0.15) is 12.5 Å². The van der Waals surface area contributed by atoms with Crippen molar-refractivity contribution < 1.29 is 4.79 Å². The smallest absolute Gasteiger partial charge is 0.222 e. The number of hydrogen-bond donors (Lipinski definition) is 1. The summed E-state index contributed by atoms with van der Waals surface area (Å²) in [5.41, 5.74) is 6.53. The van der Waals surface area contributed by atoms with Gasteiger partial charge >= 0.3 is 0 Å². The summed E-state index contributed by atoms with van der Waals surface area (Å²) in [6.45, 7) is 5.59. The third-order valence-corrected chi connectivity index (χ3v) is 4.16. The molecule has 0 bridgehead atoms. The molecule has 0 saturated carbocycles. The van der Waals surface area contributed by atoms with Crippen LogP contribution in [0.5, 0.6) is 0 Å². The summed E-state index contributed by atoms with van der Waals surface area (Å²) in [5, 5.41) is 0. The number of amides is 1. The van der Waals surface area contributed by atoms with Gasteiger partial charge in [-0.05, 0) is 40.4 Å². The van der Waals surface area contributed by atoms with Crippen molar-refractivity contribution in [2.24, 2.45) is 17.6 Å². The predicted octanol–water partition coefficient (Wildman–Crippen LogP) is 1.71. The van der Waals surface area contributed by atoms with Gasteiger partial charge in [0, 0.05) is 23.8 Å². The second kappa shape index (κ2) is 4.64. The van der Waals surface area contributed by atoms with E-state index in [0.29, 0.717) is 12.5 Å². The molecule has 5 heteroatoms. The van der Waals surface area contributed by atoms with Crippen LogP contribution in [-0.4, -0.2) is 24.0 Å². The maximum Gasteiger partial charge on any atom is 0.222 e. The van der Waals surface area contributed by atoms with Crippen molar-refractivity contribution in [1.82, 2.24) is 4.98 Å². The third kappa shape index (κ3) is 2.44. The van der Waals surface area contributed by atoms with E-state index in [-0.39, 0.29) is 11.8 Å². The fourth-order valence-electron chi connectivity index (χ4n) is 2.22. The number of aromatic nitrogens is 1. The summed E-state index contributed by atoms with van der Waals surface area (Å²) in [7, 11) is 0. The van der Waals surface area contributed by atoms with Crippen molar-refractivity contribution in [3.05, 3.63) is 22.3 Å². The number of nitrogens with zero attached hydrogens (tertiary/aromatic N) is 2. The molecule has 1 amide bonds. The largest absolute Gasteiger partial charge is 0.369 e. The van der Waals surface area contributed by atoms with E-state index in [2.05, 4.69) is 32.7 Å². The lowest BCUT2D eigenvalue weighted by Gasteiger charge is -2.17. The maximum atomic E-state index is 11.3. The number of aryl methyl sites for hydroxylation is 1. The van der Waals surface area contributed by atoms with E-state index in [4.69, 9.17) is 5.73 Å². The standard InChI is InChI=1S/C12H16BrN3O/c1-7-3-11(15-4-10(7)13)16-5-8(2)9(6-16)12(14)17/h3-4,8-9H,5-6H2,1-2H3,(H2,14,17)/t8-,9-/m1/s1. The average Bonchev–Trinajstić information content (AvgIpc) is 2.64. The van der Waals surface area contributed by atoms with E-state index in [9.17, 15) is 4.79 Å². The number of carbonyl (C=O) groups excluding carboxylic acids is 1. The molecule has 92 valence electrons. The highest BCUT2D eigenvalue weighted by atomic mass is 79.9. The number of pyridine rings is 1.